The van der Waals surface area contributed by atoms with Gasteiger partial charge in [0.25, 0.3) is 0 Å². The molecule has 2 aromatic rings. The van der Waals surface area contributed by atoms with E-state index in [-0.39, 0.29) is 0 Å². The zero-order chi connectivity index (χ0) is 11.7. The van der Waals surface area contributed by atoms with Crippen LogP contribution in [0.25, 0.3) is 11.0 Å². The molecule has 2 heterocycles. The highest BCUT2D eigenvalue weighted by atomic mass is 15.3. The van der Waals surface area contributed by atoms with Crippen LogP contribution >= 0.6 is 0 Å². The van der Waals surface area contributed by atoms with Gasteiger partial charge >= 0.3 is 0 Å². The molecule has 3 rings (SSSR count). The minimum Gasteiger partial charge on any atom is -0.337 e. The Hall–Kier alpha value is -1.39. The number of nitrogens with one attached hydrogen (secondary N) is 2. The number of benzene rings is 1. The standard InChI is InChI=1S/C13H18N4/c1-16-6-8-17(9-7-16)10-13-14-11-4-2-3-5-12(11)15-13/h2-5H,6-10H2,1H3,(H,14,15)/p+1. The normalized spacial score (nSPS) is 18.9. The van der Waals surface area contributed by atoms with Crippen LogP contribution in [-0.2, 0) is 6.54 Å². The van der Waals surface area contributed by atoms with Gasteiger partial charge in [-0.1, -0.05) is 12.1 Å². The van der Waals surface area contributed by atoms with Gasteiger partial charge in [0.1, 0.15) is 6.54 Å². The van der Waals surface area contributed by atoms with E-state index in [2.05, 4.69) is 34.0 Å². The van der Waals surface area contributed by atoms with Gasteiger partial charge in [-0.25, -0.2) is 4.98 Å². The minimum atomic E-state index is 1.02. The van der Waals surface area contributed by atoms with E-state index in [1.807, 2.05) is 12.1 Å². The molecule has 0 amide bonds. The molecule has 1 aromatic heterocycles. The molecular formula is C13H19N4+. The zero-order valence-electron chi connectivity index (χ0n) is 10.2. The number of piperazine rings is 1. The maximum absolute atomic E-state index is 4.64. The molecule has 4 heteroatoms. The molecule has 0 bridgehead atoms. The Morgan fingerprint density at radius 1 is 1.29 bits per heavy atom. The lowest BCUT2D eigenvalue weighted by Gasteiger charge is -2.28. The van der Waals surface area contributed by atoms with Crippen LogP contribution < -0.4 is 4.90 Å². The Balaban J connectivity index is 1.72. The van der Waals surface area contributed by atoms with Crippen molar-refractivity contribution in [1.82, 2.24) is 14.9 Å². The molecule has 1 aliphatic rings. The van der Waals surface area contributed by atoms with Gasteiger partial charge in [-0.3, -0.25) is 4.90 Å². The Morgan fingerprint density at radius 3 is 2.82 bits per heavy atom. The summed E-state index contributed by atoms with van der Waals surface area (Å²) in [5.74, 6) is 1.12. The average Bonchev–Trinajstić information content (AvgIpc) is 2.74. The first kappa shape index (κ1) is 10.7. The van der Waals surface area contributed by atoms with E-state index >= 15 is 0 Å². The summed E-state index contributed by atoms with van der Waals surface area (Å²) in [4.78, 5) is 12.1. The summed E-state index contributed by atoms with van der Waals surface area (Å²) in [6.45, 7) is 5.83. The van der Waals surface area contributed by atoms with Crippen molar-refractivity contribution in [3.8, 4) is 0 Å². The summed E-state index contributed by atoms with van der Waals surface area (Å²) in [7, 11) is 2.19. The van der Waals surface area contributed by atoms with Gasteiger partial charge in [0.15, 0.2) is 5.82 Å². The molecule has 0 atom stereocenters. The number of aromatic nitrogens is 2. The van der Waals surface area contributed by atoms with Crippen molar-refractivity contribution in [1.29, 1.82) is 0 Å². The SMILES string of the molecule is CN1CC[NH+](Cc2nc3ccccc3[nH]2)CC1. The van der Waals surface area contributed by atoms with Gasteiger partial charge in [-0.15, -0.1) is 0 Å². The summed E-state index contributed by atoms with van der Waals surface area (Å²) >= 11 is 0. The quantitative estimate of drug-likeness (QED) is 0.757. The third kappa shape index (κ3) is 2.33. The lowest BCUT2D eigenvalue weighted by Crippen LogP contribution is -3.13. The Kier molecular flexibility index (Phi) is 2.82. The number of rotatable bonds is 2. The molecule has 17 heavy (non-hydrogen) atoms. The lowest BCUT2D eigenvalue weighted by atomic mass is 10.3. The van der Waals surface area contributed by atoms with Gasteiger partial charge in [0.05, 0.1) is 24.1 Å². The molecule has 0 saturated carbocycles. The highest BCUT2D eigenvalue weighted by Gasteiger charge is 2.18. The molecular weight excluding hydrogens is 212 g/mol. The lowest BCUT2D eigenvalue weighted by molar-refractivity contribution is -0.918. The number of fused-ring (bicyclic) bond motifs is 1. The summed E-state index contributed by atoms with van der Waals surface area (Å²) in [6, 6.07) is 8.24. The fourth-order valence-corrected chi connectivity index (χ4v) is 2.44. The Labute approximate surface area is 101 Å². The summed E-state index contributed by atoms with van der Waals surface area (Å²) < 4.78 is 0. The van der Waals surface area contributed by atoms with Crippen LogP contribution in [0.4, 0.5) is 0 Å². The third-order valence-electron chi connectivity index (χ3n) is 3.55. The van der Waals surface area contributed by atoms with Gasteiger partial charge < -0.3 is 9.88 Å². The second kappa shape index (κ2) is 4.47. The second-order valence-electron chi connectivity index (χ2n) is 4.93. The van der Waals surface area contributed by atoms with E-state index in [4.69, 9.17) is 0 Å². The van der Waals surface area contributed by atoms with E-state index in [9.17, 15) is 0 Å². The predicted molar refractivity (Wildman–Crippen MR) is 68.0 cm³/mol. The van der Waals surface area contributed by atoms with Crippen LogP contribution in [0.1, 0.15) is 5.82 Å². The number of hydrogen-bond acceptors (Lipinski definition) is 2. The minimum absolute atomic E-state index is 1.02. The summed E-state index contributed by atoms with van der Waals surface area (Å²) in [6.07, 6.45) is 0. The van der Waals surface area contributed by atoms with Crippen molar-refractivity contribution in [2.24, 2.45) is 0 Å². The number of H-pyrrole nitrogens is 1. The molecule has 1 aromatic carbocycles. The predicted octanol–water partition coefficient (Wildman–Crippen LogP) is -0.107. The maximum atomic E-state index is 4.64. The molecule has 1 fully saturated rings. The van der Waals surface area contributed by atoms with E-state index in [0.717, 1.165) is 23.4 Å². The highest BCUT2D eigenvalue weighted by Crippen LogP contribution is 2.09. The number of quaternary nitrogens is 1. The number of nitrogens with zero attached hydrogens (tertiary/aromatic N) is 2. The molecule has 4 nitrogen and oxygen atoms in total. The smallest absolute Gasteiger partial charge is 0.162 e. The van der Waals surface area contributed by atoms with E-state index in [0.29, 0.717) is 0 Å². The van der Waals surface area contributed by atoms with Crippen LogP contribution in [0.3, 0.4) is 0 Å². The second-order valence-corrected chi connectivity index (χ2v) is 4.93. The molecule has 0 unspecified atom stereocenters. The largest absolute Gasteiger partial charge is 0.337 e. The number of aromatic amines is 1. The first-order valence-electron chi connectivity index (χ1n) is 6.27. The zero-order valence-corrected chi connectivity index (χ0v) is 10.2. The van der Waals surface area contributed by atoms with Crippen molar-refractivity contribution >= 4 is 11.0 Å². The van der Waals surface area contributed by atoms with Crippen LogP contribution in [0.2, 0.25) is 0 Å². The molecule has 90 valence electrons. The van der Waals surface area contributed by atoms with Gasteiger partial charge in [-0.2, -0.15) is 0 Å². The Morgan fingerprint density at radius 2 is 2.06 bits per heavy atom. The van der Waals surface area contributed by atoms with Crippen LogP contribution in [-0.4, -0.2) is 48.1 Å². The third-order valence-corrected chi connectivity index (χ3v) is 3.55. The maximum Gasteiger partial charge on any atom is 0.162 e. The average molecular weight is 231 g/mol. The first-order chi connectivity index (χ1) is 8.31. The van der Waals surface area contributed by atoms with E-state index in [1.54, 1.807) is 4.90 Å². The van der Waals surface area contributed by atoms with Crippen molar-refractivity contribution in [2.75, 3.05) is 33.2 Å². The molecule has 0 radical (unpaired) electrons. The molecule has 1 aliphatic heterocycles. The fourth-order valence-electron chi connectivity index (χ4n) is 2.44. The van der Waals surface area contributed by atoms with Crippen molar-refractivity contribution in [3.63, 3.8) is 0 Å². The fraction of sp³-hybridized carbons (Fsp3) is 0.462. The van der Waals surface area contributed by atoms with Crippen LogP contribution in [0.5, 0.6) is 0 Å². The van der Waals surface area contributed by atoms with Gasteiger partial charge in [-0.05, 0) is 19.2 Å². The van der Waals surface area contributed by atoms with Crippen molar-refractivity contribution in [3.05, 3.63) is 30.1 Å². The van der Waals surface area contributed by atoms with E-state index < -0.39 is 0 Å². The highest BCUT2D eigenvalue weighted by molar-refractivity contribution is 5.74. The van der Waals surface area contributed by atoms with E-state index in [1.165, 1.54) is 26.2 Å². The number of likely N-dealkylation sites (N-methyl/N-ethyl adjacent to an activating group) is 1. The topological polar surface area (TPSA) is 36.4 Å². The number of para-hydroxylation sites is 2. The number of imidazole rings is 1. The molecule has 1 saturated heterocycles. The van der Waals surface area contributed by atoms with Crippen molar-refractivity contribution in [2.45, 2.75) is 6.54 Å². The van der Waals surface area contributed by atoms with Gasteiger partial charge in [0.2, 0.25) is 0 Å². The van der Waals surface area contributed by atoms with Crippen LogP contribution in [0.15, 0.2) is 24.3 Å². The number of hydrogen-bond donors (Lipinski definition) is 2. The van der Waals surface area contributed by atoms with Gasteiger partial charge in [0, 0.05) is 13.1 Å². The monoisotopic (exact) mass is 231 g/mol. The first-order valence-corrected chi connectivity index (χ1v) is 6.27. The molecule has 0 aliphatic carbocycles. The molecule has 2 N–H and O–H groups in total. The summed E-state index contributed by atoms with van der Waals surface area (Å²) in [5.41, 5.74) is 2.23. The van der Waals surface area contributed by atoms with Crippen molar-refractivity contribution < 1.29 is 4.90 Å². The Bertz CT molecular complexity index is 464. The molecule has 0 spiro atoms. The summed E-state index contributed by atoms with van der Waals surface area (Å²) in [5, 5.41) is 0. The van der Waals surface area contributed by atoms with Crippen LogP contribution in [0, 0.1) is 0 Å².